The smallest absolute Gasteiger partial charge is 0.338 e. The summed E-state index contributed by atoms with van der Waals surface area (Å²) in [7, 11) is 0. The second-order valence-electron chi connectivity index (χ2n) is 6.11. The van der Waals surface area contributed by atoms with Gasteiger partial charge in [0, 0.05) is 10.9 Å². The van der Waals surface area contributed by atoms with E-state index in [2.05, 4.69) is 4.98 Å². The second-order valence-corrected chi connectivity index (χ2v) is 7.05. The Bertz CT molecular complexity index is 1080. The molecule has 0 amide bonds. The lowest BCUT2D eigenvalue weighted by Crippen LogP contribution is -2.04. The van der Waals surface area contributed by atoms with Crippen molar-refractivity contribution in [2.24, 2.45) is 0 Å². The van der Waals surface area contributed by atoms with Crippen LogP contribution in [-0.4, -0.2) is 22.0 Å². The maximum atomic E-state index is 11.8. The number of carbonyl (C=O) groups is 2. The fraction of sp³-hybridized carbons (Fsp3) is 0.0417. The van der Waals surface area contributed by atoms with E-state index in [-0.39, 0.29) is 12.6 Å². The second kappa shape index (κ2) is 10.7. The third-order valence-corrected chi connectivity index (χ3v) is 4.80. The molecule has 3 aromatic carbocycles. The summed E-state index contributed by atoms with van der Waals surface area (Å²) in [5.74, 6) is -1.21. The highest BCUT2D eigenvalue weighted by atomic mass is 32.1. The number of carboxylic acids is 1. The molecule has 5 nitrogen and oxygen atoms in total. The van der Waals surface area contributed by atoms with Crippen LogP contribution in [0, 0.1) is 0 Å². The average Bonchev–Trinajstić information content (AvgIpc) is 3.29. The standard InChI is InChI=1S/C17H13NO2S.C7H6O2/c19-17(14-9-5-2-6-10-14)20-11-16-18-15(12-21-16)13-7-3-1-4-8-13;8-7(9)6-4-2-1-3-5-6/h1-10,12H,11H2;1-5H,(H,8,9). The van der Waals surface area contributed by atoms with E-state index in [9.17, 15) is 9.59 Å². The summed E-state index contributed by atoms with van der Waals surface area (Å²) in [4.78, 5) is 26.5. The van der Waals surface area contributed by atoms with Crippen molar-refractivity contribution in [2.45, 2.75) is 6.61 Å². The number of rotatable bonds is 5. The first-order valence-corrected chi connectivity index (χ1v) is 10.0. The molecule has 0 saturated carbocycles. The van der Waals surface area contributed by atoms with Crippen LogP contribution in [0.15, 0.2) is 96.4 Å². The molecule has 0 atom stereocenters. The molecule has 0 bridgehead atoms. The van der Waals surface area contributed by atoms with E-state index in [1.807, 2.05) is 53.9 Å². The van der Waals surface area contributed by atoms with Crippen molar-refractivity contribution >= 4 is 23.3 Å². The van der Waals surface area contributed by atoms with Gasteiger partial charge in [-0.2, -0.15) is 0 Å². The fourth-order valence-electron chi connectivity index (χ4n) is 2.48. The SMILES string of the molecule is O=C(O)c1ccccc1.O=C(OCc1nc(-c2ccccc2)cs1)c1ccccc1. The Morgan fingerprint density at radius 3 is 1.87 bits per heavy atom. The first kappa shape index (κ1) is 21.0. The van der Waals surface area contributed by atoms with E-state index >= 15 is 0 Å². The van der Waals surface area contributed by atoms with Gasteiger partial charge in [-0.1, -0.05) is 66.7 Å². The molecular formula is C24H19NO4S. The number of aromatic nitrogens is 1. The molecule has 0 aliphatic heterocycles. The zero-order valence-corrected chi connectivity index (χ0v) is 16.8. The molecule has 1 N–H and O–H groups in total. The zero-order chi connectivity index (χ0) is 21.2. The quantitative estimate of drug-likeness (QED) is 0.431. The molecule has 1 aromatic heterocycles. The van der Waals surface area contributed by atoms with E-state index in [0.717, 1.165) is 16.3 Å². The van der Waals surface area contributed by atoms with Crippen molar-refractivity contribution in [3.63, 3.8) is 0 Å². The summed E-state index contributed by atoms with van der Waals surface area (Å²) >= 11 is 1.49. The number of hydrogen-bond donors (Lipinski definition) is 1. The van der Waals surface area contributed by atoms with E-state index in [1.165, 1.54) is 11.3 Å². The molecule has 0 saturated heterocycles. The molecule has 4 aromatic rings. The van der Waals surface area contributed by atoms with Crippen molar-refractivity contribution in [3.8, 4) is 11.3 Å². The highest BCUT2D eigenvalue weighted by Crippen LogP contribution is 2.22. The predicted molar refractivity (Wildman–Crippen MR) is 117 cm³/mol. The third-order valence-electron chi connectivity index (χ3n) is 3.98. The third kappa shape index (κ3) is 6.12. The maximum absolute atomic E-state index is 11.8. The Hall–Kier alpha value is -3.77. The number of ether oxygens (including phenoxy) is 1. The molecule has 150 valence electrons. The van der Waals surface area contributed by atoms with Crippen molar-refractivity contribution in [3.05, 3.63) is 113 Å². The molecule has 30 heavy (non-hydrogen) atoms. The van der Waals surface area contributed by atoms with Crippen LogP contribution < -0.4 is 0 Å². The summed E-state index contributed by atoms with van der Waals surface area (Å²) in [6.45, 7) is 0.200. The zero-order valence-electron chi connectivity index (χ0n) is 16.0. The van der Waals surface area contributed by atoms with E-state index in [1.54, 1.807) is 42.5 Å². The Balaban J connectivity index is 0.000000239. The van der Waals surface area contributed by atoms with Crippen molar-refractivity contribution < 1.29 is 19.4 Å². The molecule has 0 spiro atoms. The highest BCUT2D eigenvalue weighted by Gasteiger charge is 2.09. The van der Waals surface area contributed by atoms with Crippen LogP contribution in [0.1, 0.15) is 25.7 Å². The fourth-order valence-corrected chi connectivity index (χ4v) is 3.20. The molecule has 0 aliphatic rings. The molecule has 0 aliphatic carbocycles. The molecular weight excluding hydrogens is 398 g/mol. The van der Waals surface area contributed by atoms with Crippen LogP contribution in [0.5, 0.6) is 0 Å². The van der Waals surface area contributed by atoms with Crippen LogP contribution in [0.4, 0.5) is 0 Å². The van der Waals surface area contributed by atoms with E-state index in [0.29, 0.717) is 11.1 Å². The van der Waals surface area contributed by atoms with Gasteiger partial charge in [0.15, 0.2) is 0 Å². The number of thiazole rings is 1. The number of benzene rings is 3. The number of carbonyl (C=O) groups excluding carboxylic acids is 1. The molecule has 0 unspecified atom stereocenters. The van der Waals surface area contributed by atoms with Gasteiger partial charge in [0.05, 0.1) is 16.8 Å². The lowest BCUT2D eigenvalue weighted by Gasteiger charge is -2.02. The molecule has 6 heteroatoms. The first-order valence-electron chi connectivity index (χ1n) is 9.14. The summed E-state index contributed by atoms with van der Waals surface area (Å²) in [5.41, 5.74) is 2.86. The lowest BCUT2D eigenvalue weighted by molar-refractivity contribution is 0.0472. The van der Waals surface area contributed by atoms with Gasteiger partial charge in [-0.25, -0.2) is 14.6 Å². The molecule has 0 radical (unpaired) electrons. The molecule has 0 fully saturated rings. The normalized spacial score (nSPS) is 9.87. The largest absolute Gasteiger partial charge is 0.478 e. The van der Waals surface area contributed by atoms with Crippen molar-refractivity contribution in [1.29, 1.82) is 0 Å². The lowest BCUT2D eigenvalue weighted by atomic mass is 10.2. The summed E-state index contributed by atoms with van der Waals surface area (Å²) < 4.78 is 5.27. The van der Waals surface area contributed by atoms with Crippen LogP contribution in [0.25, 0.3) is 11.3 Å². The summed E-state index contributed by atoms with van der Waals surface area (Å²) in [6.07, 6.45) is 0. The van der Waals surface area contributed by atoms with Gasteiger partial charge >= 0.3 is 11.9 Å². The number of hydrogen-bond acceptors (Lipinski definition) is 5. The van der Waals surface area contributed by atoms with Gasteiger partial charge in [-0.3, -0.25) is 0 Å². The van der Waals surface area contributed by atoms with Gasteiger partial charge in [0.2, 0.25) is 0 Å². The topological polar surface area (TPSA) is 76.5 Å². The van der Waals surface area contributed by atoms with Crippen molar-refractivity contribution in [1.82, 2.24) is 4.98 Å². The Labute approximate surface area is 178 Å². The van der Waals surface area contributed by atoms with Crippen LogP contribution >= 0.6 is 11.3 Å². The highest BCUT2D eigenvalue weighted by molar-refractivity contribution is 7.09. The maximum Gasteiger partial charge on any atom is 0.338 e. The minimum Gasteiger partial charge on any atom is -0.478 e. The van der Waals surface area contributed by atoms with Gasteiger partial charge in [0.25, 0.3) is 0 Å². The average molecular weight is 417 g/mol. The molecule has 4 rings (SSSR count). The number of esters is 1. The van der Waals surface area contributed by atoms with Gasteiger partial charge in [0.1, 0.15) is 11.6 Å². The predicted octanol–water partition coefficient (Wildman–Crippen LogP) is 5.55. The summed E-state index contributed by atoms with van der Waals surface area (Å²) in [5, 5.41) is 11.1. The number of nitrogens with zero attached hydrogens (tertiary/aromatic N) is 1. The Kier molecular flexibility index (Phi) is 7.46. The summed E-state index contributed by atoms with van der Waals surface area (Å²) in [6, 6.07) is 27.2. The van der Waals surface area contributed by atoms with Crippen LogP contribution in [-0.2, 0) is 11.3 Å². The molecule has 1 heterocycles. The number of carboxylic acid groups (broad SMARTS) is 1. The van der Waals surface area contributed by atoms with Gasteiger partial charge in [-0.05, 0) is 24.3 Å². The van der Waals surface area contributed by atoms with Gasteiger partial charge < -0.3 is 9.84 Å². The van der Waals surface area contributed by atoms with E-state index < -0.39 is 5.97 Å². The van der Waals surface area contributed by atoms with E-state index in [4.69, 9.17) is 9.84 Å². The number of aromatic carboxylic acids is 1. The minimum absolute atomic E-state index is 0.200. The minimum atomic E-state index is -0.879. The first-order chi connectivity index (χ1) is 14.6. The Morgan fingerprint density at radius 2 is 1.33 bits per heavy atom. The Morgan fingerprint density at radius 1 is 0.800 bits per heavy atom. The van der Waals surface area contributed by atoms with Crippen molar-refractivity contribution in [2.75, 3.05) is 0 Å². The van der Waals surface area contributed by atoms with Gasteiger partial charge in [-0.15, -0.1) is 11.3 Å². The van der Waals surface area contributed by atoms with Crippen LogP contribution in [0.2, 0.25) is 0 Å². The van der Waals surface area contributed by atoms with Crippen LogP contribution in [0.3, 0.4) is 0 Å². The monoisotopic (exact) mass is 417 g/mol.